The maximum absolute atomic E-state index is 13.9. The number of hydrogen-bond acceptors (Lipinski definition) is 4. The first-order valence-corrected chi connectivity index (χ1v) is 12.1. The lowest BCUT2D eigenvalue weighted by Gasteiger charge is -2.14. The maximum atomic E-state index is 13.9. The van der Waals surface area contributed by atoms with E-state index in [0.717, 1.165) is 27.6 Å². The van der Waals surface area contributed by atoms with Crippen LogP contribution in [0.4, 0.5) is 5.69 Å². The Hall–Kier alpha value is -4.59. The fourth-order valence-electron chi connectivity index (χ4n) is 4.77. The van der Waals surface area contributed by atoms with Gasteiger partial charge in [-0.15, -0.1) is 0 Å². The Labute approximate surface area is 213 Å². The molecule has 2 aromatic heterocycles. The molecule has 0 radical (unpaired) electrons. The van der Waals surface area contributed by atoms with Crippen molar-refractivity contribution >= 4 is 33.5 Å². The lowest BCUT2D eigenvalue weighted by Crippen LogP contribution is -2.41. The fraction of sp³-hybridized carbons (Fsp3) is 0.207. The van der Waals surface area contributed by atoms with Gasteiger partial charge in [0.2, 0.25) is 5.91 Å². The van der Waals surface area contributed by atoms with Crippen molar-refractivity contribution in [3.8, 4) is 11.4 Å². The fourth-order valence-corrected chi connectivity index (χ4v) is 4.77. The van der Waals surface area contributed by atoms with Crippen LogP contribution in [0, 0.1) is 6.92 Å². The van der Waals surface area contributed by atoms with Gasteiger partial charge in [-0.25, -0.2) is 9.36 Å². The van der Waals surface area contributed by atoms with E-state index in [-0.39, 0.29) is 12.5 Å². The van der Waals surface area contributed by atoms with Gasteiger partial charge in [-0.1, -0.05) is 31.2 Å². The number of carbonyl (C=O) groups is 1. The number of nitrogens with one attached hydrogen (secondary N) is 1. The summed E-state index contributed by atoms with van der Waals surface area (Å²) in [5, 5.41) is 3.53. The third kappa shape index (κ3) is 4.20. The van der Waals surface area contributed by atoms with Gasteiger partial charge in [-0.3, -0.25) is 14.2 Å². The topological polar surface area (TPSA) is 87.3 Å². The van der Waals surface area contributed by atoms with Gasteiger partial charge in [0.1, 0.15) is 17.8 Å². The summed E-state index contributed by atoms with van der Waals surface area (Å²) in [6, 6.07) is 20.2. The molecule has 2 heterocycles. The lowest BCUT2D eigenvalue weighted by atomic mass is 10.1. The quantitative estimate of drug-likeness (QED) is 0.382. The minimum Gasteiger partial charge on any atom is -0.497 e. The molecule has 5 aromatic rings. The molecular weight excluding hydrogens is 468 g/mol. The van der Waals surface area contributed by atoms with Crippen molar-refractivity contribution in [2.24, 2.45) is 7.05 Å². The highest BCUT2D eigenvalue weighted by atomic mass is 16.5. The van der Waals surface area contributed by atoms with Gasteiger partial charge in [0.05, 0.1) is 23.8 Å². The first-order chi connectivity index (χ1) is 17.8. The van der Waals surface area contributed by atoms with Crippen molar-refractivity contribution in [3.05, 3.63) is 98.7 Å². The zero-order chi connectivity index (χ0) is 26.3. The van der Waals surface area contributed by atoms with E-state index in [2.05, 4.69) is 12.2 Å². The van der Waals surface area contributed by atoms with Gasteiger partial charge >= 0.3 is 5.69 Å². The maximum Gasteiger partial charge on any atom is 0.336 e. The molecule has 0 spiro atoms. The molecule has 0 aliphatic rings. The first-order valence-electron chi connectivity index (χ1n) is 12.1. The molecule has 0 unspecified atom stereocenters. The molecule has 188 valence electrons. The molecule has 0 atom stereocenters. The normalized spacial score (nSPS) is 11.2. The van der Waals surface area contributed by atoms with Gasteiger partial charge in [-0.2, -0.15) is 0 Å². The Bertz CT molecular complexity index is 1780. The molecule has 5 rings (SSSR count). The van der Waals surface area contributed by atoms with Crippen LogP contribution < -0.4 is 21.3 Å². The standard InChI is InChI=1S/C29H28N4O4/c1-5-19-9-11-20(12-10-19)30-25(34)17-32-26-23-16-22(37-4)13-14-24(23)31(3)27(26)28(35)33(29(32)36)21-8-6-7-18(2)15-21/h6-16H,5,17H2,1-4H3,(H,30,34). The summed E-state index contributed by atoms with van der Waals surface area (Å²) < 4.78 is 9.67. The molecule has 8 heteroatoms. The number of rotatable bonds is 6. The van der Waals surface area contributed by atoms with Crippen LogP contribution in [0.2, 0.25) is 0 Å². The van der Waals surface area contributed by atoms with Crippen LogP contribution in [0.25, 0.3) is 27.6 Å². The minimum absolute atomic E-state index is 0.271. The van der Waals surface area contributed by atoms with Crippen LogP contribution in [0.1, 0.15) is 18.1 Å². The van der Waals surface area contributed by atoms with E-state index in [1.54, 1.807) is 49.1 Å². The van der Waals surface area contributed by atoms with Crippen LogP contribution in [0.15, 0.2) is 76.3 Å². The Morgan fingerprint density at radius 2 is 1.73 bits per heavy atom. The molecule has 0 aliphatic carbocycles. The average molecular weight is 497 g/mol. The van der Waals surface area contributed by atoms with Crippen molar-refractivity contribution in [3.63, 3.8) is 0 Å². The number of nitrogens with zero attached hydrogens (tertiary/aromatic N) is 3. The third-order valence-electron chi connectivity index (χ3n) is 6.69. The number of hydrogen-bond donors (Lipinski definition) is 1. The van der Waals surface area contributed by atoms with E-state index in [1.165, 1.54) is 4.57 Å². The Morgan fingerprint density at radius 3 is 2.41 bits per heavy atom. The van der Waals surface area contributed by atoms with Crippen molar-refractivity contribution in [2.75, 3.05) is 12.4 Å². The molecule has 3 aromatic carbocycles. The Kier molecular flexibility index (Phi) is 6.17. The number of aryl methyl sites for hydroxylation is 3. The number of methoxy groups -OCH3 is 1. The number of anilines is 1. The summed E-state index contributed by atoms with van der Waals surface area (Å²) in [6.45, 7) is 3.69. The summed E-state index contributed by atoms with van der Waals surface area (Å²) in [4.78, 5) is 40.9. The van der Waals surface area contributed by atoms with Gasteiger partial charge in [0, 0.05) is 18.1 Å². The van der Waals surface area contributed by atoms with Crippen molar-refractivity contribution in [1.82, 2.24) is 13.7 Å². The molecule has 8 nitrogen and oxygen atoms in total. The van der Waals surface area contributed by atoms with Crippen molar-refractivity contribution < 1.29 is 9.53 Å². The second-order valence-electron chi connectivity index (χ2n) is 9.09. The molecule has 1 amide bonds. The summed E-state index contributed by atoms with van der Waals surface area (Å²) in [6.07, 6.45) is 0.895. The third-order valence-corrected chi connectivity index (χ3v) is 6.69. The summed E-state index contributed by atoms with van der Waals surface area (Å²) in [7, 11) is 3.34. The van der Waals surface area contributed by atoms with E-state index in [4.69, 9.17) is 4.74 Å². The van der Waals surface area contributed by atoms with Crippen LogP contribution >= 0.6 is 0 Å². The SMILES string of the molecule is CCc1ccc(NC(=O)Cn2c(=O)n(-c3cccc(C)c3)c(=O)c3c2c2cc(OC)ccc2n3C)cc1. The molecular formula is C29H28N4O4. The number of aromatic nitrogens is 3. The van der Waals surface area contributed by atoms with Gasteiger partial charge in [0.15, 0.2) is 0 Å². The smallest absolute Gasteiger partial charge is 0.336 e. The largest absolute Gasteiger partial charge is 0.497 e. The highest BCUT2D eigenvalue weighted by molar-refractivity contribution is 6.07. The highest BCUT2D eigenvalue weighted by Gasteiger charge is 2.23. The average Bonchev–Trinajstić information content (AvgIpc) is 3.19. The monoisotopic (exact) mass is 496 g/mol. The Morgan fingerprint density at radius 1 is 0.973 bits per heavy atom. The summed E-state index contributed by atoms with van der Waals surface area (Å²) >= 11 is 0. The van der Waals surface area contributed by atoms with Crippen LogP contribution in [0.5, 0.6) is 5.75 Å². The molecule has 0 aliphatic heterocycles. The summed E-state index contributed by atoms with van der Waals surface area (Å²) in [5.74, 6) is 0.212. The van der Waals surface area contributed by atoms with Gasteiger partial charge in [0.25, 0.3) is 5.56 Å². The minimum atomic E-state index is -0.588. The zero-order valence-corrected chi connectivity index (χ0v) is 21.2. The second kappa shape index (κ2) is 9.46. The number of benzene rings is 3. The predicted octanol–water partition coefficient (Wildman–Crippen LogP) is 4.16. The molecule has 0 saturated heterocycles. The highest BCUT2D eigenvalue weighted by Crippen LogP contribution is 2.29. The molecule has 0 saturated carbocycles. The number of fused-ring (bicyclic) bond motifs is 3. The number of ether oxygens (including phenoxy) is 1. The van der Waals surface area contributed by atoms with E-state index in [9.17, 15) is 14.4 Å². The first kappa shape index (κ1) is 24.1. The van der Waals surface area contributed by atoms with Gasteiger partial charge in [-0.05, 0) is 66.9 Å². The van der Waals surface area contributed by atoms with Gasteiger partial charge < -0.3 is 14.6 Å². The van der Waals surface area contributed by atoms with Crippen LogP contribution in [-0.4, -0.2) is 26.7 Å². The van der Waals surface area contributed by atoms with E-state index >= 15 is 0 Å². The number of carbonyl (C=O) groups excluding carboxylic acids is 1. The Balaban J connectivity index is 1.75. The number of amides is 1. The molecule has 37 heavy (non-hydrogen) atoms. The lowest BCUT2D eigenvalue weighted by molar-refractivity contribution is -0.116. The van der Waals surface area contributed by atoms with Crippen LogP contribution in [-0.2, 0) is 24.8 Å². The van der Waals surface area contributed by atoms with E-state index < -0.39 is 11.2 Å². The van der Waals surface area contributed by atoms with Crippen molar-refractivity contribution in [1.29, 1.82) is 0 Å². The van der Waals surface area contributed by atoms with E-state index in [0.29, 0.717) is 33.5 Å². The second-order valence-corrected chi connectivity index (χ2v) is 9.09. The predicted molar refractivity (Wildman–Crippen MR) is 146 cm³/mol. The van der Waals surface area contributed by atoms with E-state index in [1.807, 2.05) is 43.3 Å². The molecule has 0 bridgehead atoms. The van der Waals surface area contributed by atoms with Crippen LogP contribution in [0.3, 0.4) is 0 Å². The summed E-state index contributed by atoms with van der Waals surface area (Å²) in [5.41, 5.74) is 3.58. The molecule has 0 fully saturated rings. The zero-order valence-electron chi connectivity index (χ0n) is 21.2. The molecule has 1 N–H and O–H groups in total. The van der Waals surface area contributed by atoms with Crippen molar-refractivity contribution in [2.45, 2.75) is 26.8 Å².